The van der Waals surface area contributed by atoms with Crippen LogP contribution in [0.1, 0.15) is 12.0 Å². The molecule has 0 radical (unpaired) electrons. The molecule has 28 heavy (non-hydrogen) atoms. The zero-order chi connectivity index (χ0) is 19.8. The predicted octanol–water partition coefficient (Wildman–Crippen LogP) is 0.250. The minimum atomic E-state index is -2.91. The van der Waals surface area contributed by atoms with Crippen molar-refractivity contribution in [2.75, 3.05) is 58.0 Å². The van der Waals surface area contributed by atoms with Crippen LogP contribution < -0.4 is 15.4 Å². The molecule has 0 aliphatic carbocycles. The van der Waals surface area contributed by atoms with Gasteiger partial charge in [-0.1, -0.05) is 12.1 Å². The molecule has 9 heteroatoms. The summed E-state index contributed by atoms with van der Waals surface area (Å²) in [6.07, 6.45) is 0.621. The molecule has 1 aromatic carbocycles. The number of benzene rings is 1. The number of hydrogen-bond donors (Lipinski definition) is 2. The van der Waals surface area contributed by atoms with Crippen LogP contribution in [0.5, 0.6) is 5.75 Å². The minimum Gasteiger partial charge on any atom is -0.492 e. The number of ether oxygens (including phenoxy) is 2. The van der Waals surface area contributed by atoms with Gasteiger partial charge in [0.1, 0.15) is 12.4 Å². The van der Waals surface area contributed by atoms with Gasteiger partial charge in [-0.15, -0.1) is 0 Å². The van der Waals surface area contributed by atoms with Gasteiger partial charge in [-0.2, -0.15) is 0 Å². The second kappa shape index (κ2) is 10.1. The number of aliphatic imine (C=N–C) groups is 1. The van der Waals surface area contributed by atoms with Crippen molar-refractivity contribution in [1.29, 1.82) is 0 Å². The van der Waals surface area contributed by atoms with E-state index in [0.29, 0.717) is 25.5 Å². The molecule has 2 N–H and O–H groups in total. The van der Waals surface area contributed by atoms with Crippen molar-refractivity contribution in [3.63, 3.8) is 0 Å². The lowest BCUT2D eigenvalue weighted by molar-refractivity contribution is 0.0322. The monoisotopic (exact) mass is 410 g/mol. The van der Waals surface area contributed by atoms with E-state index in [0.717, 1.165) is 44.2 Å². The van der Waals surface area contributed by atoms with Crippen LogP contribution in [0.2, 0.25) is 0 Å². The molecule has 3 rings (SSSR count). The molecule has 0 amide bonds. The Balaban J connectivity index is 1.43. The molecule has 8 nitrogen and oxygen atoms in total. The van der Waals surface area contributed by atoms with Crippen LogP contribution in [0, 0.1) is 0 Å². The van der Waals surface area contributed by atoms with Crippen LogP contribution in [0.3, 0.4) is 0 Å². The van der Waals surface area contributed by atoms with Gasteiger partial charge in [-0.05, 0) is 24.1 Å². The van der Waals surface area contributed by atoms with E-state index in [4.69, 9.17) is 9.47 Å². The Morgan fingerprint density at radius 1 is 1.36 bits per heavy atom. The molecule has 0 aromatic heterocycles. The fourth-order valence-electron chi connectivity index (χ4n) is 3.35. The maximum Gasteiger partial charge on any atom is 0.191 e. The average Bonchev–Trinajstić information content (AvgIpc) is 3.04. The molecule has 2 heterocycles. The van der Waals surface area contributed by atoms with Crippen molar-refractivity contribution in [2.24, 2.45) is 4.99 Å². The molecular formula is C19H30N4O4S. The minimum absolute atomic E-state index is 0.0777. The Morgan fingerprint density at radius 2 is 2.18 bits per heavy atom. The van der Waals surface area contributed by atoms with Crippen LogP contribution in [0.25, 0.3) is 0 Å². The highest BCUT2D eigenvalue weighted by Gasteiger charge is 2.28. The molecule has 1 atom stereocenters. The van der Waals surface area contributed by atoms with Crippen LogP contribution in [-0.2, 0) is 21.1 Å². The number of sulfone groups is 1. The number of nitrogens with zero attached hydrogens (tertiary/aromatic N) is 2. The second-order valence-electron chi connectivity index (χ2n) is 7.12. The first-order valence-electron chi connectivity index (χ1n) is 9.73. The Morgan fingerprint density at radius 3 is 2.89 bits per heavy atom. The number of morpholine rings is 1. The van der Waals surface area contributed by atoms with Crippen molar-refractivity contribution in [2.45, 2.75) is 19.0 Å². The van der Waals surface area contributed by atoms with Gasteiger partial charge in [0.25, 0.3) is 0 Å². The summed E-state index contributed by atoms with van der Waals surface area (Å²) in [5, 5.41) is 6.43. The fourth-order valence-corrected chi connectivity index (χ4v) is 5.02. The van der Waals surface area contributed by atoms with Crippen molar-refractivity contribution in [3.8, 4) is 5.75 Å². The third kappa shape index (κ3) is 6.65. The van der Waals surface area contributed by atoms with Gasteiger partial charge >= 0.3 is 0 Å². The number of hydrogen-bond acceptors (Lipinski definition) is 6. The predicted molar refractivity (Wildman–Crippen MR) is 110 cm³/mol. The zero-order valence-electron chi connectivity index (χ0n) is 16.4. The van der Waals surface area contributed by atoms with E-state index in [1.165, 1.54) is 0 Å². The topological polar surface area (TPSA) is 92.3 Å². The number of rotatable bonds is 7. The first-order chi connectivity index (χ1) is 13.5. The summed E-state index contributed by atoms with van der Waals surface area (Å²) < 4.78 is 34.4. The Kier molecular flexibility index (Phi) is 7.52. The summed E-state index contributed by atoms with van der Waals surface area (Å²) in [6, 6.07) is 7.89. The highest BCUT2D eigenvalue weighted by Crippen LogP contribution is 2.14. The van der Waals surface area contributed by atoms with E-state index in [9.17, 15) is 8.42 Å². The molecule has 2 aliphatic rings. The van der Waals surface area contributed by atoms with Crippen LogP contribution in [0.15, 0.2) is 29.3 Å². The molecule has 0 spiro atoms. The molecule has 2 saturated heterocycles. The Bertz CT molecular complexity index is 763. The summed E-state index contributed by atoms with van der Waals surface area (Å²) in [4.78, 5) is 6.53. The van der Waals surface area contributed by atoms with Gasteiger partial charge in [0.2, 0.25) is 0 Å². The van der Waals surface area contributed by atoms with E-state index in [1.54, 1.807) is 7.05 Å². The molecule has 2 aliphatic heterocycles. The van der Waals surface area contributed by atoms with Crippen molar-refractivity contribution >= 4 is 15.8 Å². The Hall–Kier alpha value is -1.84. The number of nitrogens with one attached hydrogen (secondary N) is 2. The standard InChI is InChI=1S/C19H30N4O4S/c1-20-19(22-17-5-12-28(24,25)15-17)21-14-16-3-2-4-18(13-16)27-11-8-23-6-9-26-10-7-23/h2-4,13,17H,5-12,14-15H2,1H3,(H2,20,21,22). The maximum absolute atomic E-state index is 11.6. The molecule has 156 valence electrons. The summed E-state index contributed by atoms with van der Waals surface area (Å²) in [5.74, 6) is 1.87. The average molecular weight is 411 g/mol. The molecular weight excluding hydrogens is 380 g/mol. The van der Waals surface area contributed by atoms with Gasteiger partial charge in [0.05, 0.1) is 24.7 Å². The van der Waals surface area contributed by atoms with Crippen molar-refractivity contribution in [1.82, 2.24) is 15.5 Å². The highest BCUT2D eigenvalue weighted by atomic mass is 32.2. The smallest absolute Gasteiger partial charge is 0.191 e. The lowest BCUT2D eigenvalue weighted by atomic mass is 10.2. The van der Waals surface area contributed by atoms with Gasteiger partial charge in [0.15, 0.2) is 15.8 Å². The van der Waals surface area contributed by atoms with Crippen LogP contribution in [0.4, 0.5) is 0 Å². The second-order valence-corrected chi connectivity index (χ2v) is 9.35. The molecule has 1 unspecified atom stereocenters. The van der Waals surface area contributed by atoms with E-state index in [-0.39, 0.29) is 17.5 Å². The van der Waals surface area contributed by atoms with Gasteiger partial charge in [-0.25, -0.2) is 8.42 Å². The van der Waals surface area contributed by atoms with E-state index < -0.39 is 9.84 Å². The van der Waals surface area contributed by atoms with E-state index in [1.807, 2.05) is 24.3 Å². The van der Waals surface area contributed by atoms with Crippen molar-refractivity contribution < 1.29 is 17.9 Å². The molecule has 0 saturated carbocycles. The summed E-state index contributed by atoms with van der Waals surface area (Å²) in [5.41, 5.74) is 1.07. The first-order valence-corrected chi connectivity index (χ1v) is 11.6. The van der Waals surface area contributed by atoms with E-state index >= 15 is 0 Å². The highest BCUT2D eigenvalue weighted by molar-refractivity contribution is 7.91. The third-order valence-corrected chi connectivity index (χ3v) is 6.70. The first kappa shape index (κ1) is 20.9. The number of guanidine groups is 1. The Labute approximate surface area is 167 Å². The van der Waals surface area contributed by atoms with Crippen molar-refractivity contribution in [3.05, 3.63) is 29.8 Å². The normalized spacial score (nSPS) is 22.8. The summed E-state index contributed by atoms with van der Waals surface area (Å²) in [7, 11) is -1.23. The molecule has 1 aromatic rings. The fraction of sp³-hybridized carbons (Fsp3) is 0.632. The third-order valence-electron chi connectivity index (χ3n) is 4.94. The van der Waals surface area contributed by atoms with Crippen LogP contribution in [-0.4, -0.2) is 83.3 Å². The summed E-state index contributed by atoms with van der Waals surface area (Å²) >= 11 is 0. The molecule has 2 fully saturated rings. The van der Waals surface area contributed by atoms with Gasteiger partial charge in [-0.3, -0.25) is 9.89 Å². The largest absolute Gasteiger partial charge is 0.492 e. The lowest BCUT2D eigenvalue weighted by Gasteiger charge is -2.26. The molecule has 0 bridgehead atoms. The zero-order valence-corrected chi connectivity index (χ0v) is 17.2. The lowest BCUT2D eigenvalue weighted by Crippen LogP contribution is -2.43. The quantitative estimate of drug-likeness (QED) is 0.492. The van der Waals surface area contributed by atoms with E-state index in [2.05, 4.69) is 20.5 Å². The SMILES string of the molecule is CN=C(NCc1cccc(OCCN2CCOCC2)c1)NC1CCS(=O)(=O)C1. The summed E-state index contributed by atoms with van der Waals surface area (Å²) in [6.45, 7) is 5.64. The van der Waals surface area contributed by atoms with Gasteiger partial charge < -0.3 is 20.1 Å². The van der Waals surface area contributed by atoms with Gasteiger partial charge in [0, 0.05) is 39.3 Å². The van der Waals surface area contributed by atoms with Crippen LogP contribution >= 0.6 is 0 Å². The maximum atomic E-state index is 11.6.